The molecule has 0 radical (unpaired) electrons. The van der Waals surface area contributed by atoms with Crippen LogP contribution < -0.4 is 10.6 Å². The molecule has 1 saturated carbocycles. The molecule has 1 unspecified atom stereocenters. The summed E-state index contributed by atoms with van der Waals surface area (Å²) in [6, 6.07) is 0.502. The van der Waals surface area contributed by atoms with Gasteiger partial charge in [-0.05, 0) is 32.6 Å². The Kier molecular flexibility index (Phi) is 4.04. The fourth-order valence-electron chi connectivity index (χ4n) is 2.38. The van der Waals surface area contributed by atoms with Crippen molar-refractivity contribution >= 4 is 11.6 Å². The molecule has 1 fully saturated rings. The molecule has 0 aromatic carbocycles. The van der Waals surface area contributed by atoms with Gasteiger partial charge in [0.15, 0.2) is 0 Å². The highest BCUT2D eigenvalue weighted by Crippen LogP contribution is 2.31. The minimum absolute atomic E-state index is 0.502. The molecule has 1 aromatic rings. The molecule has 0 aliphatic heterocycles. The average Bonchev–Trinajstić information content (AvgIpc) is 2.29. The van der Waals surface area contributed by atoms with Crippen LogP contribution in [0.2, 0.25) is 0 Å². The quantitative estimate of drug-likeness (QED) is 0.841. The third-order valence-electron chi connectivity index (χ3n) is 3.97. The zero-order chi connectivity index (χ0) is 13.1. The van der Waals surface area contributed by atoms with Crippen molar-refractivity contribution in [1.29, 1.82) is 0 Å². The van der Waals surface area contributed by atoms with Gasteiger partial charge in [-0.2, -0.15) is 0 Å². The lowest BCUT2D eigenvalue weighted by Gasteiger charge is -2.32. The lowest BCUT2D eigenvalue weighted by molar-refractivity contribution is 0.285. The van der Waals surface area contributed by atoms with Crippen molar-refractivity contribution in [3.05, 3.63) is 11.4 Å². The van der Waals surface area contributed by atoms with E-state index in [9.17, 15) is 0 Å². The number of anilines is 2. The first-order chi connectivity index (χ1) is 8.65. The molecular weight excluding hydrogens is 224 g/mol. The predicted octanol–water partition coefficient (Wildman–Crippen LogP) is 2.99. The first-order valence-corrected chi connectivity index (χ1v) is 6.97. The van der Waals surface area contributed by atoms with Gasteiger partial charge >= 0.3 is 0 Å². The summed E-state index contributed by atoms with van der Waals surface area (Å²) in [4.78, 5) is 9.11. The van der Waals surface area contributed by atoms with Crippen molar-refractivity contribution in [2.45, 2.75) is 52.5 Å². The van der Waals surface area contributed by atoms with Gasteiger partial charge in [0.2, 0.25) is 0 Å². The van der Waals surface area contributed by atoms with E-state index in [-0.39, 0.29) is 0 Å². The van der Waals surface area contributed by atoms with Gasteiger partial charge in [-0.3, -0.25) is 0 Å². The molecule has 1 atom stereocenters. The summed E-state index contributed by atoms with van der Waals surface area (Å²) in [5.74, 6) is 3.63. The SMILES string of the molecule is CCc1nc(NC)c(C)c(NC(C)C2CCC2)n1. The Balaban J connectivity index is 2.19. The molecule has 1 aliphatic carbocycles. The Morgan fingerprint density at radius 1 is 1.28 bits per heavy atom. The second kappa shape index (κ2) is 5.55. The van der Waals surface area contributed by atoms with E-state index < -0.39 is 0 Å². The first-order valence-electron chi connectivity index (χ1n) is 6.97. The first kappa shape index (κ1) is 13.1. The largest absolute Gasteiger partial charge is 0.373 e. The zero-order valence-electron chi connectivity index (χ0n) is 11.9. The molecule has 4 nitrogen and oxygen atoms in total. The second-order valence-electron chi connectivity index (χ2n) is 5.19. The van der Waals surface area contributed by atoms with E-state index in [1.807, 2.05) is 7.05 Å². The summed E-state index contributed by atoms with van der Waals surface area (Å²) in [6.07, 6.45) is 4.93. The van der Waals surface area contributed by atoms with Gasteiger partial charge in [-0.15, -0.1) is 0 Å². The van der Waals surface area contributed by atoms with Crippen molar-refractivity contribution in [2.75, 3.05) is 17.7 Å². The molecule has 2 N–H and O–H groups in total. The number of nitrogens with zero attached hydrogens (tertiary/aromatic N) is 2. The topological polar surface area (TPSA) is 49.8 Å². The third-order valence-corrected chi connectivity index (χ3v) is 3.97. The van der Waals surface area contributed by atoms with E-state index in [2.05, 4.69) is 41.4 Å². The van der Waals surface area contributed by atoms with Crippen molar-refractivity contribution in [3.8, 4) is 0 Å². The van der Waals surface area contributed by atoms with Crippen LogP contribution in [0, 0.1) is 12.8 Å². The molecule has 2 rings (SSSR count). The van der Waals surface area contributed by atoms with E-state index in [1.165, 1.54) is 19.3 Å². The minimum atomic E-state index is 0.502. The number of hydrogen-bond donors (Lipinski definition) is 2. The van der Waals surface area contributed by atoms with Crippen LogP contribution in [-0.2, 0) is 6.42 Å². The minimum Gasteiger partial charge on any atom is -0.373 e. The van der Waals surface area contributed by atoms with Gasteiger partial charge < -0.3 is 10.6 Å². The van der Waals surface area contributed by atoms with Crippen molar-refractivity contribution in [1.82, 2.24) is 9.97 Å². The molecule has 1 heterocycles. The average molecular weight is 248 g/mol. The van der Waals surface area contributed by atoms with Crippen molar-refractivity contribution < 1.29 is 0 Å². The summed E-state index contributed by atoms with van der Waals surface area (Å²) in [5.41, 5.74) is 1.11. The zero-order valence-corrected chi connectivity index (χ0v) is 11.9. The molecule has 0 saturated heterocycles. The molecule has 100 valence electrons. The van der Waals surface area contributed by atoms with E-state index in [4.69, 9.17) is 0 Å². The fraction of sp³-hybridized carbons (Fsp3) is 0.714. The molecule has 1 aromatic heterocycles. The Morgan fingerprint density at radius 2 is 1.94 bits per heavy atom. The van der Waals surface area contributed by atoms with Crippen LogP contribution in [0.5, 0.6) is 0 Å². The fourth-order valence-corrected chi connectivity index (χ4v) is 2.38. The lowest BCUT2D eigenvalue weighted by Crippen LogP contribution is -2.31. The van der Waals surface area contributed by atoms with Crippen LogP contribution in [0.15, 0.2) is 0 Å². The smallest absolute Gasteiger partial charge is 0.134 e. The van der Waals surface area contributed by atoms with Crippen molar-refractivity contribution in [3.63, 3.8) is 0 Å². The molecule has 0 spiro atoms. The van der Waals surface area contributed by atoms with Gasteiger partial charge in [0.05, 0.1) is 0 Å². The van der Waals surface area contributed by atoms with E-state index in [0.29, 0.717) is 6.04 Å². The molecule has 1 aliphatic rings. The summed E-state index contributed by atoms with van der Waals surface area (Å²) in [5, 5.41) is 6.72. The Labute approximate surface area is 110 Å². The van der Waals surface area contributed by atoms with Crippen LogP contribution >= 0.6 is 0 Å². The van der Waals surface area contributed by atoms with Crippen LogP contribution in [0.1, 0.15) is 44.5 Å². The molecule has 4 heteroatoms. The maximum Gasteiger partial charge on any atom is 0.134 e. The van der Waals surface area contributed by atoms with Gasteiger partial charge in [0, 0.05) is 25.1 Å². The Bertz CT molecular complexity index is 413. The molecule has 0 amide bonds. The monoisotopic (exact) mass is 248 g/mol. The van der Waals surface area contributed by atoms with Gasteiger partial charge in [-0.25, -0.2) is 9.97 Å². The van der Waals surface area contributed by atoms with Gasteiger partial charge in [0.25, 0.3) is 0 Å². The normalized spacial score (nSPS) is 17.1. The maximum absolute atomic E-state index is 4.62. The standard InChI is InChI=1S/C14H24N4/c1-5-12-17-13(15-4)9(2)14(18-12)16-10(3)11-7-6-8-11/h10-11H,5-8H2,1-4H3,(H2,15,16,17,18). The Morgan fingerprint density at radius 3 is 2.44 bits per heavy atom. The summed E-state index contributed by atoms with van der Waals surface area (Å²) in [7, 11) is 1.91. The van der Waals surface area contributed by atoms with Crippen LogP contribution in [-0.4, -0.2) is 23.1 Å². The summed E-state index contributed by atoms with van der Waals surface area (Å²) >= 11 is 0. The molecule has 18 heavy (non-hydrogen) atoms. The van der Waals surface area contributed by atoms with Crippen molar-refractivity contribution in [2.24, 2.45) is 5.92 Å². The predicted molar refractivity (Wildman–Crippen MR) is 76.1 cm³/mol. The van der Waals surface area contributed by atoms with Crippen LogP contribution in [0.3, 0.4) is 0 Å². The highest BCUT2D eigenvalue weighted by molar-refractivity contribution is 5.57. The van der Waals surface area contributed by atoms with E-state index in [0.717, 1.165) is 35.4 Å². The van der Waals surface area contributed by atoms with Crippen LogP contribution in [0.4, 0.5) is 11.6 Å². The number of hydrogen-bond acceptors (Lipinski definition) is 4. The van der Waals surface area contributed by atoms with Gasteiger partial charge in [-0.1, -0.05) is 13.3 Å². The number of aryl methyl sites for hydroxylation is 1. The van der Waals surface area contributed by atoms with E-state index in [1.54, 1.807) is 0 Å². The number of rotatable bonds is 5. The second-order valence-corrected chi connectivity index (χ2v) is 5.19. The molecular formula is C14H24N4. The highest BCUT2D eigenvalue weighted by Gasteiger charge is 2.24. The summed E-state index contributed by atoms with van der Waals surface area (Å²) < 4.78 is 0. The highest BCUT2D eigenvalue weighted by atomic mass is 15.1. The third kappa shape index (κ3) is 2.57. The lowest BCUT2D eigenvalue weighted by atomic mass is 9.80. The number of nitrogens with one attached hydrogen (secondary N) is 2. The summed E-state index contributed by atoms with van der Waals surface area (Å²) in [6.45, 7) is 6.42. The number of aromatic nitrogens is 2. The van der Waals surface area contributed by atoms with E-state index >= 15 is 0 Å². The van der Waals surface area contributed by atoms with Gasteiger partial charge in [0.1, 0.15) is 17.5 Å². The molecule has 0 bridgehead atoms. The Hall–Kier alpha value is -1.32. The van der Waals surface area contributed by atoms with Crippen LogP contribution in [0.25, 0.3) is 0 Å². The maximum atomic E-state index is 4.62.